The minimum Gasteiger partial charge on any atom is -0.497 e. The summed E-state index contributed by atoms with van der Waals surface area (Å²) in [5, 5.41) is 0. The van der Waals surface area contributed by atoms with Gasteiger partial charge in [0.25, 0.3) is 0 Å². The van der Waals surface area contributed by atoms with Gasteiger partial charge in [0.1, 0.15) is 11.5 Å². The fourth-order valence-corrected chi connectivity index (χ4v) is 2.46. The Morgan fingerprint density at radius 2 is 1.95 bits per heavy atom. The molecule has 1 aromatic heterocycles. The second kappa shape index (κ2) is 6.95. The molecule has 0 radical (unpaired) electrons. The van der Waals surface area contributed by atoms with Crippen LogP contribution in [0, 0.1) is 0 Å². The third-order valence-corrected chi connectivity index (χ3v) is 4.62. The van der Waals surface area contributed by atoms with E-state index in [0.29, 0.717) is 17.1 Å². The predicted octanol–water partition coefficient (Wildman–Crippen LogP) is 4.45. The standard InChI is InChI=1S/C15H13Br2NO3/c1-20-10-4-6-14(21-2)11(8-10)13(19)5-3-9-7-12(16)15(17)18-9/h3-8,18H,1-2H3/b5-3+. The summed E-state index contributed by atoms with van der Waals surface area (Å²) in [6.45, 7) is 0. The minimum absolute atomic E-state index is 0.160. The Labute approximate surface area is 139 Å². The smallest absolute Gasteiger partial charge is 0.189 e. The van der Waals surface area contributed by atoms with Crippen molar-refractivity contribution >= 4 is 43.7 Å². The topological polar surface area (TPSA) is 51.3 Å². The molecule has 0 aliphatic heterocycles. The van der Waals surface area contributed by atoms with Gasteiger partial charge in [0.05, 0.1) is 28.9 Å². The number of halogens is 2. The van der Waals surface area contributed by atoms with Gasteiger partial charge in [0.2, 0.25) is 0 Å². The second-order valence-corrected chi connectivity index (χ2v) is 5.80. The minimum atomic E-state index is -0.160. The van der Waals surface area contributed by atoms with E-state index in [2.05, 4.69) is 36.8 Å². The number of methoxy groups -OCH3 is 2. The number of benzene rings is 1. The van der Waals surface area contributed by atoms with Gasteiger partial charge in [-0.05, 0) is 68.3 Å². The predicted molar refractivity (Wildman–Crippen MR) is 89.1 cm³/mol. The number of H-pyrrole nitrogens is 1. The highest BCUT2D eigenvalue weighted by atomic mass is 79.9. The van der Waals surface area contributed by atoms with Gasteiger partial charge in [-0.25, -0.2) is 0 Å². The van der Waals surface area contributed by atoms with Crippen molar-refractivity contribution in [2.75, 3.05) is 14.2 Å². The van der Waals surface area contributed by atoms with Crippen LogP contribution < -0.4 is 9.47 Å². The van der Waals surface area contributed by atoms with E-state index >= 15 is 0 Å². The zero-order valence-corrected chi connectivity index (χ0v) is 14.6. The Kier molecular flexibility index (Phi) is 5.25. The van der Waals surface area contributed by atoms with Crippen LogP contribution in [-0.4, -0.2) is 25.0 Å². The number of rotatable bonds is 5. The van der Waals surface area contributed by atoms with Gasteiger partial charge in [-0.3, -0.25) is 4.79 Å². The largest absolute Gasteiger partial charge is 0.497 e. The van der Waals surface area contributed by atoms with Crippen LogP contribution in [-0.2, 0) is 0 Å². The normalized spacial score (nSPS) is 10.9. The fourth-order valence-electron chi connectivity index (χ4n) is 1.77. The maximum absolute atomic E-state index is 12.3. The molecule has 2 aromatic rings. The van der Waals surface area contributed by atoms with Gasteiger partial charge in [0.15, 0.2) is 5.78 Å². The maximum atomic E-state index is 12.3. The molecule has 0 bridgehead atoms. The molecule has 0 saturated carbocycles. The zero-order valence-electron chi connectivity index (χ0n) is 11.4. The Morgan fingerprint density at radius 3 is 2.52 bits per heavy atom. The molecule has 1 aromatic carbocycles. The quantitative estimate of drug-likeness (QED) is 0.580. The van der Waals surface area contributed by atoms with Crippen molar-refractivity contribution in [1.29, 1.82) is 0 Å². The molecule has 21 heavy (non-hydrogen) atoms. The van der Waals surface area contributed by atoms with Crippen LogP contribution in [0.25, 0.3) is 6.08 Å². The van der Waals surface area contributed by atoms with Crippen LogP contribution in [0.4, 0.5) is 0 Å². The summed E-state index contributed by atoms with van der Waals surface area (Å²) in [6, 6.07) is 6.99. The van der Waals surface area contributed by atoms with E-state index in [1.165, 1.54) is 13.2 Å². The lowest BCUT2D eigenvalue weighted by Gasteiger charge is -2.07. The number of nitrogens with one attached hydrogen (secondary N) is 1. The average Bonchev–Trinajstić information content (AvgIpc) is 2.82. The first kappa shape index (κ1) is 15.9. The van der Waals surface area contributed by atoms with Gasteiger partial charge in [-0.15, -0.1) is 0 Å². The van der Waals surface area contributed by atoms with Crippen molar-refractivity contribution < 1.29 is 14.3 Å². The molecular weight excluding hydrogens is 402 g/mol. The molecule has 0 fully saturated rings. The molecule has 0 unspecified atom stereocenters. The summed E-state index contributed by atoms with van der Waals surface area (Å²) in [6.07, 6.45) is 3.19. The van der Waals surface area contributed by atoms with Gasteiger partial charge >= 0.3 is 0 Å². The molecule has 0 amide bonds. The second-order valence-electron chi connectivity index (χ2n) is 4.15. The first-order valence-corrected chi connectivity index (χ1v) is 7.62. The van der Waals surface area contributed by atoms with Crippen molar-refractivity contribution in [3.05, 3.63) is 50.7 Å². The highest BCUT2D eigenvalue weighted by molar-refractivity contribution is 9.13. The Bertz CT molecular complexity index is 673. The van der Waals surface area contributed by atoms with Crippen molar-refractivity contribution in [2.45, 2.75) is 0 Å². The highest BCUT2D eigenvalue weighted by Crippen LogP contribution is 2.26. The van der Waals surface area contributed by atoms with Crippen LogP contribution in [0.5, 0.6) is 11.5 Å². The van der Waals surface area contributed by atoms with E-state index in [9.17, 15) is 4.79 Å². The van der Waals surface area contributed by atoms with Crippen LogP contribution in [0.3, 0.4) is 0 Å². The first-order valence-electron chi connectivity index (χ1n) is 6.03. The van der Waals surface area contributed by atoms with E-state index < -0.39 is 0 Å². The molecule has 2 rings (SSSR count). The molecule has 0 atom stereocenters. The number of ketones is 1. The van der Waals surface area contributed by atoms with Crippen LogP contribution in [0.15, 0.2) is 39.4 Å². The zero-order chi connectivity index (χ0) is 15.4. The van der Waals surface area contributed by atoms with Crippen molar-refractivity contribution in [3.8, 4) is 11.5 Å². The molecule has 1 heterocycles. The number of aromatic nitrogens is 1. The van der Waals surface area contributed by atoms with Gasteiger partial charge in [-0.1, -0.05) is 0 Å². The number of carbonyl (C=O) groups is 1. The van der Waals surface area contributed by atoms with E-state index in [4.69, 9.17) is 9.47 Å². The van der Waals surface area contributed by atoms with Gasteiger partial charge in [0, 0.05) is 5.69 Å². The molecular formula is C15H13Br2NO3. The summed E-state index contributed by atoms with van der Waals surface area (Å²) >= 11 is 6.73. The van der Waals surface area contributed by atoms with Gasteiger partial charge < -0.3 is 14.5 Å². The SMILES string of the molecule is COc1ccc(OC)c(C(=O)/C=C/c2cc(Br)c(Br)[nH]2)c1. The van der Waals surface area contributed by atoms with Crippen LogP contribution >= 0.6 is 31.9 Å². The molecule has 0 saturated heterocycles. The molecule has 0 aliphatic rings. The lowest BCUT2D eigenvalue weighted by molar-refractivity contribution is 0.104. The molecule has 110 valence electrons. The highest BCUT2D eigenvalue weighted by Gasteiger charge is 2.11. The monoisotopic (exact) mass is 413 g/mol. The summed E-state index contributed by atoms with van der Waals surface area (Å²) in [4.78, 5) is 15.4. The Hall–Kier alpha value is -1.53. The van der Waals surface area contributed by atoms with Crippen LogP contribution in [0.2, 0.25) is 0 Å². The molecule has 1 N–H and O–H groups in total. The van der Waals surface area contributed by atoms with Crippen molar-refractivity contribution in [3.63, 3.8) is 0 Å². The Morgan fingerprint density at radius 1 is 1.19 bits per heavy atom. The lowest BCUT2D eigenvalue weighted by Crippen LogP contribution is -1.99. The molecule has 0 aliphatic carbocycles. The van der Waals surface area contributed by atoms with Gasteiger partial charge in [-0.2, -0.15) is 0 Å². The number of aromatic amines is 1. The number of ether oxygens (including phenoxy) is 2. The van der Waals surface area contributed by atoms with Crippen molar-refractivity contribution in [2.24, 2.45) is 0 Å². The van der Waals surface area contributed by atoms with E-state index in [1.807, 2.05) is 6.07 Å². The summed E-state index contributed by atoms with van der Waals surface area (Å²) in [5.74, 6) is 0.963. The maximum Gasteiger partial charge on any atom is 0.189 e. The number of hydrogen-bond donors (Lipinski definition) is 1. The third-order valence-electron chi connectivity index (χ3n) is 2.83. The van der Waals surface area contributed by atoms with Crippen LogP contribution in [0.1, 0.15) is 16.1 Å². The lowest BCUT2D eigenvalue weighted by atomic mass is 10.1. The summed E-state index contributed by atoms with van der Waals surface area (Å²) in [7, 11) is 3.08. The number of hydrogen-bond acceptors (Lipinski definition) is 3. The molecule has 4 nitrogen and oxygen atoms in total. The number of carbonyl (C=O) groups excluding carboxylic acids is 1. The van der Waals surface area contributed by atoms with E-state index in [-0.39, 0.29) is 5.78 Å². The Balaban J connectivity index is 2.27. The molecule has 0 spiro atoms. The average molecular weight is 415 g/mol. The fraction of sp³-hybridized carbons (Fsp3) is 0.133. The molecule has 6 heteroatoms. The number of allylic oxidation sites excluding steroid dienone is 1. The van der Waals surface area contributed by atoms with E-state index in [0.717, 1.165) is 14.8 Å². The first-order chi connectivity index (χ1) is 10.0. The summed E-state index contributed by atoms with van der Waals surface area (Å²) < 4.78 is 12.1. The van der Waals surface area contributed by atoms with Crippen molar-refractivity contribution in [1.82, 2.24) is 4.98 Å². The third kappa shape index (κ3) is 3.77. The van der Waals surface area contributed by atoms with E-state index in [1.54, 1.807) is 31.4 Å². The summed E-state index contributed by atoms with van der Waals surface area (Å²) in [5.41, 5.74) is 1.27.